The van der Waals surface area contributed by atoms with Gasteiger partial charge < -0.3 is 10.6 Å². The monoisotopic (exact) mass is 248 g/mol. The van der Waals surface area contributed by atoms with Crippen LogP contribution in [0, 0.1) is 0 Å². The van der Waals surface area contributed by atoms with E-state index in [1.165, 1.54) is 0 Å². The van der Waals surface area contributed by atoms with Crippen molar-refractivity contribution >= 4 is 15.7 Å². The molecule has 0 bridgehead atoms. The van der Waals surface area contributed by atoms with Crippen molar-refractivity contribution in [2.24, 2.45) is 0 Å². The molecule has 0 aromatic carbocycles. The van der Waals surface area contributed by atoms with Gasteiger partial charge in [-0.1, -0.05) is 0 Å². The van der Waals surface area contributed by atoms with Gasteiger partial charge in [0.15, 0.2) is 0 Å². The van der Waals surface area contributed by atoms with Crippen LogP contribution in [0.4, 0.5) is 0 Å². The average molecular weight is 248 g/mol. The SMILES string of the molecule is CNC(=O)CCCNC1CCS(=O)(=O)CC1. The number of carbonyl (C=O) groups excluding carboxylic acids is 1. The van der Waals surface area contributed by atoms with Gasteiger partial charge in [0.1, 0.15) is 9.84 Å². The number of amides is 1. The second-order valence-electron chi connectivity index (χ2n) is 4.16. The topological polar surface area (TPSA) is 75.3 Å². The maximum atomic E-state index is 11.2. The average Bonchev–Trinajstić information content (AvgIpc) is 2.26. The first-order valence-electron chi connectivity index (χ1n) is 5.68. The van der Waals surface area contributed by atoms with Crippen molar-refractivity contribution in [2.45, 2.75) is 31.7 Å². The Bertz CT molecular complexity index is 313. The zero-order chi connectivity index (χ0) is 12.0. The Morgan fingerprint density at radius 1 is 1.31 bits per heavy atom. The molecule has 94 valence electrons. The van der Waals surface area contributed by atoms with Crippen LogP contribution in [0.15, 0.2) is 0 Å². The van der Waals surface area contributed by atoms with E-state index in [2.05, 4.69) is 10.6 Å². The highest BCUT2D eigenvalue weighted by atomic mass is 32.2. The van der Waals surface area contributed by atoms with Crippen LogP contribution in [0.25, 0.3) is 0 Å². The maximum Gasteiger partial charge on any atom is 0.219 e. The number of hydrogen-bond donors (Lipinski definition) is 2. The Morgan fingerprint density at radius 3 is 2.50 bits per heavy atom. The smallest absolute Gasteiger partial charge is 0.219 e. The van der Waals surface area contributed by atoms with Crippen molar-refractivity contribution in [1.29, 1.82) is 0 Å². The van der Waals surface area contributed by atoms with E-state index in [-0.39, 0.29) is 5.91 Å². The van der Waals surface area contributed by atoms with Gasteiger partial charge >= 0.3 is 0 Å². The summed E-state index contributed by atoms with van der Waals surface area (Å²) in [6.45, 7) is 0.776. The lowest BCUT2D eigenvalue weighted by molar-refractivity contribution is -0.120. The van der Waals surface area contributed by atoms with Gasteiger partial charge in [0.05, 0.1) is 11.5 Å². The minimum Gasteiger partial charge on any atom is -0.359 e. The Balaban J connectivity index is 2.09. The maximum absolute atomic E-state index is 11.2. The van der Waals surface area contributed by atoms with Gasteiger partial charge in [0, 0.05) is 19.5 Å². The van der Waals surface area contributed by atoms with Gasteiger partial charge in [-0.3, -0.25) is 4.79 Å². The lowest BCUT2D eigenvalue weighted by Gasteiger charge is -2.22. The molecule has 0 spiro atoms. The second kappa shape index (κ2) is 6.20. The summed E-state index contributed by atoms with van der Waals surface area (Å²) >= 11 is 0. The summed E-state index contributed by atoms with van der Waals surface area (Å²) in [6.07, 6.45) is 2.71. The Morgan fingerprint density at radius 2 is 1.94 bits per heavy atom. The van der Waals surface area contributed by atoms with Gasteiger partial charge in [-0.05, 0) is 25.8 Å². The number of rotatable bonds is 5. The molecule has 1 rings (SSSR count). The zero-order valence-electron chi connectivity index (χ0n) is 9.66. The van der Waals surface area contributed by atoms with Crippen LogP contribution in [0.3, 0.4) is 0 Å². The Hall–Kier alpha value is -0.620. The normalized spacial score (nSPS) is 20.6. The van der Waals surface area contributed by atoms with E-state index < -0.39 is 9.84 Å². The summed E-state index contributed by atoms with van der Waals surface area (Å²) in [6, 6.07) is 0.299. The Labute approximate surface area is 96.9 Å². The predicted octanol–water partition coefficient (Wildman–Crippen LogP) is -0.321. The van der Waals surface area contributed by atoms with E-state index in [4.69, 9.17) is 0 Å². The largest absolute Gasteiger partial charge is 0.359 e. The van der Waals surface area contributed by atoms with Crippen molar-refractivity contribution in [3.05, 3.63) is 0 Å². The van der Waals surface area contributed by atoms with Gasteiger partial charge in [-0.15, -0.1) is 0 Å². The number of hydrogen-bond acceptors (Lipinski definition) is 4. The van der Waals surface area contributed by atoms with E-state index in [9.17, 15) is 13.2 Å². The number of carbonyl (C=O) groups is 1. The summed E-state index contributed by atoms with van der Waals surface area (Å²) in [7, 11) is -1.14. The fraction of sp³-hybridized carbons (Fsp3) is 0.900. The molecule has 1 fully saturated rings. The van der Waals surface area contributed by atoms with Crippen LogP contribution >= 0.6 is 0 Å². The summed E-state index contributed by atoms with van der Waals surface area (Å²) in [5.41, 5.74) is 0. The second-order valence-corrected chi connectivity index (χ2v) is 6.46. The first-order chi connectivity index (χ1) is 7.53. The van der Waals surface area contributed by atoms with Gasteiger partial charge in [0.25, 0.3) is 0 Å². The minimum atomic E-state index is -2.77. The zero-order valence-corrected chi connectivity index (χ0v) is 10.5. The van der Waals surface area contributed by atoms with E-state index in [1.807, 2.05) is 0 Å². The molecule has 1 aliphatic rings. The number of sulfone groups is 1. The number of nitrogens with one attached hydrogen (secondary N) is 2. The summed E-state index contributed by atoms with van der Waals surface area (Å²) in [4.78, 5) is 10.9. The van der Waals surface area contributed by atoms with Gasteiger partial charge in [0.2, 0.25) is 5.91 Å². The molecular formula is C10H20N2O3S. The highest BCUT2D eigenvalue weighted by molar-refractivity contribution is 7.91. The standard InChI is InChI=1S/C10H20N2O3S/c1-11-10(13)3-2-6-12-9-4-7-16(14,15)8-5-9/h9,12H,2-8H2,1H3,(H,11,13). The van der Waals surface area contributed by atoms with Crippen LogP contribution in [0.1, 0.15) is 25.7 Å². The summed E-state index contributed by atoms with van der Waals surface area (Å²) in [5, 5.41) is 5.86. The molecule has 0 saturated carbocycles. The van der Waals surface area contributed by atoms with Crippen LogP contribution in [0.2, 0.25) is 0 Å². The summed E-state index contributed by atoms with van der Waals surface area (Å²) < 4.78 is 22.3. The molecule has 1 heterocycles. The third-order valence-corrected chi connectivity index (χ3v) is 4.56. The predicted molar refractivity (Wildman–Crippen MR) is 63.0 cm³/mol. The van der Waals surface area contributed by atoms with E-state index >= 15 is 0 Å². The molecule has 5 nitrogen and oxygen atoms in total. The highest BCUT2D eigenvalue weighted by Gasteiger charge is 2.22. The fourth-order valence-electron chi connectivity index (χ4n) is 1.77. The molecule has 6 heteroatoms. The molecule has 2 N–H and O–H groups in total. The summed E-state index contributed by atoms with van der Waals surface area (Å²) in [5.74, 6) is 0.633. The van der Waals surface area contributed by atoms with Crippen molar-refractivity contribution in [1.82, 2.24) is 10.6 Å². The molecule has 1 amide bonds. The fourth-order valence-corrected chi connectivity index (χ4v) is 3.27. The van der Waals surface area contributed by atoms with Gasteiger partial charge in [-0.2, -0.15) is 0 Å². The molecule has 0 atom stereocenters. The lowest BCUT2D eigenvalue weighted by atomic mass is 10.1. The molecular weight excluding hydrogens is 228 g/mol. The highest BCUT2D eigenvalue weighted by Crippen LogP contribution is 2.11. The van der Waals surface area contributed by atoms with Crippen molar-refractivity contribution in [2.75, 3.05) is 25.1 Å². The van der Waals surface area contributed by atoms with Crippen LogP contribution < -0.4 is 10.6 Å². The third-order valence-electron chi connectivity index (χ3n) is 2.85. The van der Waals surface area contributed by atoms with E-state index in [0.717, 1.165) is 13.0 Å². The van der Waals surface area contributed by atoms with E-state index in [1.54, 1.807) is 7.05 Å². The van der Waals surface area contributed by atoms with Crippen molar-refractivity contribution in [3.8, 4) is 0 Å². The molecule has 1 aliphatic heterocycles. The lowest BCUT2D eigenvalue weighted by Crippen LogP contribution is -2.38. The quantitative estimate of drug-likeness (QED) is 0.654. The van der Waals surface area contributed by atoms with Crippen LogP contribution in [-0.4, -0.2) is 45.5 Å². The van der Waals surface area contributed by atoms with Crippen LogP contribution in [0.5, 0.6) is 0 Å². The van der Waals surface area contributed by atoms with Crippen molar-refractivity contribution < 1.29 is 13.2 Å². The first-order valence-corrected chi connectivity index (χ1v) is 7.50. The van der Waals surface area contributed by atoms with Crippen LogP contribution in [-0.2, 0) is 14.6 Å². The Kier molecular flexibility index (Phi) is 5.21. The molecule has 0 radical (unpaired) electrons. The van der Waals surface area contributed by atoms with E-state index in [0.29, 0.717) is 36.8 Å². The molecule has 0 unspecified atom stereocenters. The molecule has 0 aromatic rings. The minimum absolute atomic E-state index is 0.0491. The third kappa shape index (κ3) is 4.94. The molecule has 0 aromatic heterocycles. The van der Waals surface area contributed by atoms with Gasteiger partial charge in [-0.25, -0.2) is 8.42 Å². The first kappa shape index (κ1) is 13.4. The molecule has 0 aliphatic carbocycles. The molecule has 1 saturated heterocycles. The molecule has 16 heavy (non-hydrogen) atoms. The van der Waals surface area contributed by atoms with Crippen molar-refractivity contribution in [3.63, 3.8) is 0 Å².